The first kappa shape index (κ1) is 16.7. The zero-order chi connectivity index (χ0) is 18.3. The van der Waals surface area contributed by atoms with Crippen LogP contribution in [0.5, 0.6) is 0 Å². The molecule has 6 nitrogen and oxygen atoms in total. The summed E-state index contributed by atoms with van der Waals surface area (Å²) in [5.74, 6) is 0. The Morgan fingerprint density at radius 2 is 2.00 bits per heavy atom. The van der Waals surface area contributed by atoms with Gasteiger partial charge in [0.05, 0.1) is 33.5 Å². The quantitative estimate of drug-likeness (QED) is 0.502. The summed E-state index contributed by atoms with van der Waals surface area (Å²) in [5, 5.41) is 11.0. The van der Waals surface area contributed by atoms with Crippen LogP contribution in [0.3, 0.4) is 0 Å². The fourth-order valence-corrected chi connectivity index (χ4v) is 4.56. The fraction of sp³-hybridized carbons (Fsp3) is 0.111. The molecule has 0 bridgehead atoms. The maximum Gasteiger partial charge on any atom is 0.336 e. The molecule has 8 heteroatoms. The first-order valence-corrected chi connectivity index (χ1v) is 9.37. The number of nitrogens with zero attached hydrogens (tertiary/aromatic N) is 4. The summed E-state index contributed by atoms with van der Waals surface area (Å²) in [6, 6.07) is 11.2. The van der Waals surface area contributed by atoms with Crippen LogP contribution >= 0.6 is 27.3 Å². The van der Waals surface area contributed by atoms with Crippen molar-refractivity contribution in [3.05, 3.63) is 67.4 Å². The number of rotatable bonds is 3. The van der Waals surface area contributed by atoms with Gasteiger partial charge in [0, 0.05) is 23.5 Å². The van der Waals surface area contributed by atoms with E-state index < -0.39 is 11.2 Å². The molecule has 3 aromatic heterocycles. The van der Waals surface area contributed by atoms with Crippen molar-refractivity contribution in [2.75, 3.05) is 0 Å². The Morgan fingerprint density at radius 3 is 2.81 bits per heavy atom. The van der Waals surface area contributed by atoms with Gasteiger partial charge in [-0.15, -0.1) is 11.3 Å². The van der Waals surface area contributed by atoms with Crippen molar-refractivity contribution in [3.8, 4) is 11.8 Å². The van der Waals surface area contributed by atoms with Crippen molar-refractivity contribution < 1.29 is 0 Å². The minimum Gasteiger partial charge on any atom is -0.283 e. The topological polar surface area (TPSA) is 80.7 Å². The Bertz CT molecular complexity index is 1310. The summed E-state index contributed by atoms with van der Waals surface area (Å²) in [7, 11) is 0. The van der Waals surface area contributed by atoms with E-state index in [1.54, 1.807) is 12.3 Å². The lowest BCUT2D eigenvalue weighted by Crippen LogP contribution is -2.38. The number of hydrogen-bond acceptors (Lipinski definition) is 5. The van der Waals surface area contributed by atoms with Crippen LogP contribution < -0.4 is 11.2 Å². The van der Waals surface area contributed by atoms with Crippen molar-refractivity contribution in [2.24, 2.45) is 0 Å². The molecule has 0 aliphatic heterocycles. The van der Waals surface area contributed by atoms with Gasteiger partial charge in [0.15, 0.2) is 0 Å². The smallest absolute Gasteiger partial charge is 0.283 e. The molecule has 4 rings (SSSR count). The van der Waals surface area contributed by atoms with Crippen LogP contribution in [0.2, 0.25) is 0 Å². The lowest BCUT2D eigenvalue weighted by molar-refractivity contribution is 0.666. The van der Waals surface area contributed by atoms with Gasteiger partial charge in [0.25, 0.3) is 5.56 Å². The van der Waals surface area contributed by atoms with E-state index in [9.17, 15) is 9.59 Å². The third-order valence-electron chi connectivity index (χ3n) is 4.12. The van der Waals surface area contributed by atoms with Crippen LogP contribution in [-0.2, 0) is 6.54 Å². The third-order valence-corrected chi connectivity index (χ3v) is 5.78. The zero-order valence-electron chi connectivity index (χ0n) is 13.3. The van der Waals surface area contributed by atoms with Crippen molar-refractivity contribution in [3.63, 3.8) is 0 Å². The number of aromatic nitrogens is 3. The molecule has 128 valence electrons. The number of aryl methyl sites for hydroxylation is 1. The molecule has 0 amide bonds. The second kappa shape index (κ2) is 6.52. The SMILES string of the molecule is N#CCCn1c(=O)n(-c2cncc3ccccc23)c(=O)c2cc(Br)sc21. The third kappa shape index (κ3) is 2.57. The van der Waals surface area contributed by atoms with E-state index in [1.807, 2.05) is 24.3 Å². The van der Waals surface area contributed by atoms with Crippen LogP contribution in [0.15, 0.2) is 56.1 Å². The molecule has 0 radical (unpaired) electrons. The summed E-state index contributed by atoms with van der Waals surface area (Å²) in [5.41, 5.74) is -0.420. The largest absolute Gasteiger partial charge is 0.336 e. The van der Waals surface area contributed by atoms with Gasteiger partial charge in [0.1, 0.15) is 4.83 Å². The molecule has 0 aliphatic rings. The molecule has 0 atom stereocenters. The van der Waals surface area contributed by atoms with E-state index in [2.05, 4.69) is 27.0 Å². The lowest BCUT2D eigenvalue weighted by atomic mass is 10.1. The van der Waals surface area contributed by atoms with Crippen LogP contribution in [0.25, 0.3) is 26.7 Å². The van der Waals surface area contributed by atoms with Crippen LogP contribution in [0, 0.1) is 11.3 Å². The van der Waals surface area contributed by atoms with Gasteiger partial charge in [-0.3, -0.25) is 14.3 Å². The average Bonchev–Trinajstić information content (AvgIpc) is 3.04. The number of halogens is 1. The van der Waals surface area contributed by atoms with Gasteiger partial charge in [-0.2, -0.15) is 5.26 Å². The molecule has 1 aromatic carbocycles. The minimum absolute atomic E-state index is 0.177. The van der Waals surface area contributed by atoms with Crippen molar-refractivity contribution in [2.45, 2.75) is 13.0 Å². The first-order chi connectivity index (χ1) is 12.6. The van der Waals surface area contributed by atoms with Gasteiger partial charge < -0.3 is 0 Å². The summed E-state index contributed by atoms with van der Waals surface area (Å²) in [4.78, 5) is 31.0. The van der Waals surface area contributed by atoms with E-state index in [4.69, 9.17) is 5.26 Å². The highest BCUT2D eigenvalue weighted by Gasteiger charge is 2.18. The molecular weight excluding hydrogens is 416 g/mol. The molecule has 4 aromatic rings. The van der Waals surface area contributed by atoms with E-state index >= 15 is 0 Å². The fourth-order valence-electron chi connectivity index (χ4n) is 2.97. The normalized spacial score (nSPS) is 11.1. The molecule has 0 unspecified atom stereocenters. The predicted molar refractivity (Wildman–Crippen MR) is 105 cm³/mol. The number of fused-ring (bicyclic) bond motifs is 2. The number of hydrogen-bond donors (Lipinski definition) is 0. The Hall–Kier alpha value is -2.76. The van der Waals surface area contributed by atoms with E-state index in [1.165, 1.54) is 22.1 Å². The lowest BCUT2D eigenvalue weighted by Gasteiger charge is -2.12. The Balaban J connectivity index is 2.15. The Labute approximate surface area is 159 Å². The van der Waals surface area contributed by atoms with Crippen molar-refractivity contribution >= 4 is 48.3 Å². The Morgan fingerprint density at radius 1 is 1.19 bits per heavy atom. The van der Waals surface area contributed by atoms with Gasteiger partial charge >= 0.3 is 5.69 Å². The van der Waals surface area contributed by atoms with Gasteiger partial charge in [-0.05, 0) is 22.0 Å². The molecule has 0 aliphatic carbocycles. The maximum absolute atomic E-state index is 13.1. The van der Waals surface area contributed by atoms with E-state index in [-0.39, 0.29) is 13.0 Å². The standard InChI is InChI=1S/C18H11BrN4O2S/c19-15-8-13-16(24)23(18(25)22(7-3-6-20)17(13)26-15)14-10-21-9-11-4-1-2-5-12(11)14/h1-2,4-5,8-10H,3,7H2. The Kier molecular flexibility index (Phi) is 4.18. The molecule has 0 saturated carbocycles. The summed E-state index contributed by atoms with van der Waals surface area (Å²) >= 11 is 4.69. The van der Waals surface area contributed by atoms with Gasteiger partial charge in [0.2, 0.25) is 0 Å². The minimum atomic E-state index is -0.467. The van der Waals surface area contributed by atoms with Gasteiger partial charge in [-0.1, -0.05) is 24.3 Å². The molecule has 26 heavy (non-hydrogen) atoms. The monoisotopic (exact) mass is 426 g/mol. The number of pyridine rings is 1. The molecule has 3 heterocycles. The highest BCUT2D eigenvalue weighted by atomic mass is 79.9. The number of benzene rings is 1. The first-order valence-electron chi connectivity index (χ1n) is 7.77. The highest BCUT2D eigenvalue weighted by Crippen LogP contribution is 2.27. The predicted octanol–water partition coefficient (Wildman–Crippen LogP) is 3.44. The van der Waals surface area contributed by atoms with Gasteiger partial charge in [-0.25, -0.2) is 9.36 Å². The number of nitriles is 1. The summed E-state index contributed by atoms with van der Waals surface area (Å²) in [6.07, 6.45) is 3.39. The average molecular weight is 427 g/mol. The van der Waals surface area contributed by atoms with Crippen LogP contribution in [0.1, 0.15) is 6.42 Å². The van der Waals surface area contributed by atoms with E-state index in [0.717, 1.165) is 19.1 Å². The van der Waals surface area contributed by atoms with Crippen molar-refractivity contribution in [1.82, 2.24) is 14.1 Å². The van der Waals surface area contributed by atoms with E-state index in [0.29, 0.717) is 15.9 Å². The molecular formula is C18H11BrN4O2S. The van der Waals surface area contributed by atoms with Crippen LogP contribution in [-0.4, -0.2) is 14.1 Å². The summed E-state index contributed by atoms with van der Waals surface area (Å²) in [6.45, 7) is 0.220. The zero-order valence-corrected chi connectivity index (χ0v) is 15.7. The second-order valence-corrected chi connectivity index (χ2v) is 8.04. The maximum atomic E-state index is 13.1. The molecule has 0 fully saturated rings. The summed E-state index contributed by atoms with van der Waals surface area (Å²) < 4.78 is 3.38. The number of thiophene rings is 1. The highest BCUT2D eigenvalue weighted by molar-refractivity contribution is 9.11. The van der Waals surface area contributed by atoms with Crippen LogP contribution in [0.4, 0.5) is 0 Å². The second-order valence-electron chi connectivity index (χ2n) is 5.63. The molecule has 0 spiro atoms. The molecule has 0 N–H and O–H groups in total. The molecule has 0 saturated heterocycles. The van der Waals surface area contributed by atoms with Crippen molar-refractivity contribution in [1.29, 1.82) is 5.26 Å².